The smallest absolute Gasteiger partial charge is 0.319 e. The van der Waals surface area contributed by atoms with E-state index in [9.17, 15) is 9.90 Å². The van der Waals surface area contributed by atoms with Crippen molar-refractivity contribution < 1.29 is 19.7 Å². The Hall–Kier alpha value is -1.20. The summed E-state index contributed by atoms with van der Waals surface area (Å²) in [7, 11) is 1.56. The molecule has 0 spiro atoms. The second kappa shape index (κ2) is 6.11. The number of ether oxygens (including phenoxy) is 1. The first-order valence-corrected chi connectivity index (χ1v) is 6.54. The third kappa shape index (κ3) is 3.92. The maximum Gasteiger partial charge on any atom is 0.319 e. The van der Waals surface area contributed by atoms with Crippen LogP contribution in [0.1, 0.15) is 25.5 Å². The Morgan fingerprint density at radius 3 is 2.72 bits per heavy atom. The number of aliphatic hydroxyl groups is 1. The monoisotopic (exact) mass is 270 g/mol. The van der Waals surface area contributed by atoms with Gasteiger partial charge in [-0.05, 0) is 31.5 Å². The Balaban J connectivity index is 2.65. The molecule has 0 aliphatic carbocycles. The summed E-state index contributed by atoms with van der Waals surface area (Å²) in [5, 5.41) is 19.0. The van der Waals surface area contributed by atoms with Crippen LogP contribution in [0.15, 0.2) is 24.3 Å². The maximum atomic E-state index is 10.9. The number of carboxylic acids is 1. The van der Waals surface area contributed by atoms with Gasteiger partial charge in [-0.3, -0.25) is 4.79 Å². The highest BCUT2D eigenvalue weighted by Crippen LogP contribution is 2.30. The van der Waals surface area contributed by atoms with Gasteiger partial charge < -0.3 is 14.9 Å². The number of aliphatic carboxylic acids is 1. The Morgan fingerprint density at radius 2 is 2.17 bits per heavy atom. The third-order valence-electron chi connectivity index (χ3n) is 2.60. The molecule has 5 heteroatoms. The molecule has 1 rings (SSSR count). The van der Waals surface area contributed by atoms with Crippen LogP contribution in [0.25, 0.3) is 0 Å². The number of hydrogen-bond donors (Lipinski definition) is 2. The first kappa shape index (κ1) is 14.9. The molecule has 0 fully saturated rings. The van der Waals surface area contributed by atoms with Gasteiger partial charge in [0.25, 0.3) is 0 Å². The van der Waals surface area contributed by atoms with E-state index in [1.165, 1.54) is 11.8 Å². The van der Waals surface area contributed by atoms with E-state index in [0.717, 1.165) is 5.56 Å². The predicted octanol–water partition coefficient (Wildman–Crippen LogP) is 2.32. The number of carboxylic acid groups (broad SMARTS) is 1. The van der Waals surface area contributed by atoms with Crippen LogP contribution in [-0.2, 0) is 4.79 Å². The SMILES string of the molecule is COc1cccc(C(O)CSC(C)(C)C(=O)O)c1. The van der Waals surface area contributed by atoms with E-state index in [1.54, 1.807) is 45.2 Å². The summed E-state index contributed by atoms with van der Waals surface area (Å²) in [4.78, 5) is 10.9. The zero-order valence-electron chi connectivity index (χ0n) is 10.7. The van der Waals surface area contributed by atoms with E-state index in [2.05, 4.69) is 0 Å². The zero-order chi connectivity index (χ0) is 13.8. The Bertz CT molecular complexity index is 417. The fourth-order valence-corrected chi connectivity index (χ4v) is 2.18. The molecule has 1 atom stereocenters. The van der Waals surface area contributed by atoms with Crippen LogP contribution < -0.4 is 4.74 Å². The number of thioether (sulfide) groups is 1. The Kier molecular flexibility index (Phi) is 5.04. The van der Waals surface area contributed by atoms with Crippen LogP contribution in [0, 0.1) is 0 Å². The zero-order valence-corrected chi connectivity index (χ0v) is 11.5. The minimum Gasteiger partial charge on any atom is -0.497 e. The largest absolute Gasteiger partial charge is 0.497 e. The molecule has 0 aromatic heterocycles. The fourth-order valence-electron chi connectivity index (χ4n) is 1.29. The van der Waals surface area contributed by atoms with Crippen molar-refractivity contribution >= 4 is 17.7 Å². The molecule has 0 saturated heterocycles. The molecule has 18 heavy (non-hydrogen) atoms. The molecule has 2 N–H and O–H groups in total. The molecule has 0 radical (unpaired) electrons. The quantitative estimate of drug-likeness (QED) is 0.830. The second-order valence-corrected chi connectivity index (χ2v) is 6.06. The van der Waals surface area contributed by atoms with Gasteiger partial charge in [-0.2, -0.15) is 0 Å². The number of benzene rings is 1. The molecule has 100 valence electrons. The van der Waals surface area contributed by atoms with Gasteiger partial charge in [0.2, 0.25) is 0 Å². The van der Waals surface area contributed by atoms with Crippen molar-refractivity contribution in [3.63, 3.8) is 0 Å². The highest BCUT2D eigenvalue weighted by molar-refractivity contribution is 8.01. The molecule has 1 aromatic carbocycles. The van der Waals surface area contributed by atoms with Crippen LogP contribution in [0.2, 0.25) is 0 Å². The molecule has 1 unspecified atom stereocenters. The summed E-state index contributed by atoms with van der Waals surface area (Å²) < 4.78 is 4.17. The van der Waals surface area contributed by atoms with Gasteiger partial charge >= 0.3 is 5.97 Å². The standard InChI is InChI=1S/C13H18O4S/c1-13(2,12(15)16)18-8-11(14)9-5-4-6-10(7-9)17-3/h4-7,11,14H,8H2,1-3H3,(H,15,16). The van der Waals surface area contributed by atoms with Gasteiger partial charge in [-0.1, -0.05) is 12.1 Å². The van der Waals surface area contributed by atoms with Crippen molar-refractivity contribution in [2.75, 3.05) is 12.9 Å². The average molecular weight is 270 g/mol. The first-order valence-electron chi connectivity index (χ1n) is 5.56. The van der Waals surface area contributed by atoms with Gasteiger partial charge in [-0.25, -0.2) is 0 Å². The summed E-state index contributed by atoms with van der Waals surface area (Å²) in [6.07, 6.45) is -0.705. The van der Waals surface area contributed by atoms with Crippen molar-refractivity contribution in [2.24, 2.45) is 0 Å². The van der Waals surface area contributed by atoms with Crippen LogP contribution in [0.5, 0.6) is 5.75 Å². The Morgan fingerprint density at radius 1 is 1.50 bits per heavy atom. The molecule has 4 nitrogen and oxygen atoms in total. The maximum absolute atomic E-state index is 10.9. The average Bonchev–Trinajstić information content (AvgIpc) is 2.36. The number of methoxy groups -OCH3 is 1. The third-order valence-corrected chi connectivity index (χ3v) is 3.97. The van der Waals surface area contributed by atoms with Gasteiger partial charge in [0.15, 0.2) is 0 Å². The molecule has 0 aliphatic heterocycles. The van der Waals surface area contributed by atoms with Crippen LogP contribution in [0.4, 0.5) is 0 Å². The van der Waals surface area contributed by atoms with Crippen molar-refractivity contribution in [1.29, 1.82) is 0 Å². The molecular weight excluding hydrogens is 252 g/mol. The lowest BCUT2D eigenvalue weighted by molar-refractivity contribution is -0.138. The lowest BCUT2D eigenvalue weighted by Crippen LogP contribution is -2.28. The highest BCUT2D eigenvalue weighted by atomic mass is 32.2. The summed E-state index contributed by atoms with van der Waals surface area (Å²) in [5.74, 6) is 0.117. The molecule has 0 amide bonds. The number of aliphatic hydroxyl groups excluding tert-OH is 1. The second-order valence-electron chi connectivity index (χ2n) is 4.42. The summed E-state index contributed by atoms with van der Waals surface area (Å²) in [6, 6.07) is 7.13. The van der Waals surface area contributed by atoms with E-state index in [-0.39, 0.29) is 0 Å². The molecule has 1 aromatic rings. The van der Waals surface area contributed by atoms with Crippen LogP contribution in [0.3, 0.4) is 0 Å². The Labute approximate surface area is 111 Å². The molecular formula is C13H18O4S. The topological polar surface area (TPSA) is 66.8 Å². The van der Waals surface area contributed by atoms with Crippen LogP contribution in [-0.4, -0.2) is 33.8 Å². The number of hydrogen-bond acceptors (Lipinski definition) is 4. The van der Waals surface area contributed by atoms with Crippen LogP contribution >= 0.6 is 11.8 Å². The summed E-state index contributed by atoms with van der Waals surface area (Å²) in [6.45, 7) is 3.25. The normalized spacial score (nSPS) is 13.1. The van der Waals surface area contributed by atoms with Gasteiger partial charge in [-0.15, -0.1) is 11.8 Å². The van der Waals surface area contributed by atoms with Gasteiger partial charge in [0.1, 0.15) is 10.5 Å². The van der Waals surface area contributed by atoms with Gasteiger partial charge in [0, 0.05) is 5.75 Å². The minimum absolute atomic E-state index is 0.326. The molecule has 0 bridgehead atoms. The van der Waals surface area contributed by atoms with Crippen molar-refractivity contribution in [3.8, 4) is 5.75 Å². The van der Waals surface area contributed by atoms with Crippen molar-refractivity contribution in [3.05, 3.63) is 29.8 Å². The van der Waals surface area contributed by atoms with E-state index in [4.69, 9.17) is 9.84 Å². The molecule has 0 heterocycles. The number of rotatable bonds is 6. The first-order chi connectivity index (χ1) is 8.36. The molecule has 0 saturated carbocycles. The summed E-state index contributed by atoms with van der Waals surface area (Å²) in [5.41, 5.74) is 0.725. The van der Waals surface area contributed by atoms with Crippen molar-refractivity contribution in [1.82, 2.24) is 0 Å². The van der Waals surface area contributed by atoms with E-state index < -0.39 is 16.8 Å². The summed E-state index contributed by atoms with van der Waals surface area (Å²) >= 11 is 1.21. The molecule has 0 aliphatic rings. The lowest BCUT2D eigenvalue weighted by atomic mass is 10.1. The van der Waals surface area contributed by atoms with E-state index >= 15 is 0 Å². The van der Waals surface area contributed by atoms with Gasteiger partial charge in [0.05, 0.1) is 13.2 Å². The highest BCUT2D eigenvalue weighted by Gasteiger charge is 2.28. The number of carbonyl (C=O) groups is 1. The lowest BCUT2D eigenvalue weighted by Gasteiger charge is -2.20. The predicted molar refractivity (Wildman–Crippen MR) is 72.1 cm³/mol. The fraction of sp³-hybridized carbons (Fsp3) is 0.462. The van der Waals surface area contributed by atoms with Crippen molar-refractivity contribution in [2.45, 2.75) is 24.7 Å². The van der Waals surface area contributed by atoms with E-state index in [1.807, 2.05) is 0 Å². The minimum atomic E-state index is -0.903. The van der Waals surface area contributed by atoms with E-state index in [0.29, 0.717) is 11.5 Å².